The van der Waals surface area contributed by atoms with Gasteiger partial charge in [-0.25, -0.2) is 12.3 Å². The maximum Gasteiger partial charge on any atom is 0.744 e. The van der Waals surface area contributed by atoms with E-state index in [1.807, 2.05) is 6.92 Å². The number of hydrogen-bond acceptors (Lipinski definition) is 4. The lowest BCUT2D eigenvalue weighted by Crippen LogP contribution is -2.54. The van der Waals surface area contributed by atoms with Gasteiger partial charge in [0.1, 0.15) is 0 Å². The summed E-state index contributed by atoms with van der Waals surface area (Å²) in [5.41, 5.74) is 0. The van der Waals surface area contributed by atoms with Crippen LogP contribution in [0.1, 0.15) is 13.3 Å². The highest BCUT2D eigenvalue weighted by Gasteiger charge is 2.54. The quantitative estimate of drug-likeness (QED) is 0.552. The molecule has 2 atom stereocenters. The van der Waals surface area contributed by atoms with Crippen LogP contribution in [0.5, 0.6) is 0 Å². The van der Waals surface area contributed by atoms with E-state index in [1.165, 1.54) is 6.55 Å². The molecule has 0 spiro atoms. The maximum atomic E-state index is 13.1. The molecule has 0 radical (unpaired) electrons. The molecule has 4 nitrogen and oxygen atoms in total. The molecule has 1 fully saturated rings. The molecule has 1 heterocycles. The number of halogens is 3. The summed E-state index contributed by atoms with van der Waals surface area (Å²) in [5, 5.41) is 0. The van der Waals surface area contributed by atoms with Crippen molar-refractivity contribution >= 4 is 37.4 Å². The Bertz CT molecular complexity index is 222. The SMILES string of the molecule is CCC[Si]1(C)O[SiH2]O[SiH](F)O[Si](F)(F)O1. The second-order valence-electron chi connectivity index (χ2n) is 3.27. The van der Waals surface area contributed by atoms with Gasteiger partial charge in [-0.1, -0.05) is 13.3 Å². The second kappa shape index (κ2) is 5.22. The summed E-state index contributed by atoms with van der Waals surface area (Å²) in [6.45, 7) is 3.39. The minimum absolute atomic E-state index is 0.438. The Kier molecular flexibility index (Phi) is 4.72. The fourth-order valence-corrected chi connectivity index (χ4v) is 10.6. The van der Waals surface area contributed by atoms with Crippen LogP contribution in [0.4, 0.5) is 12.3 Å². The van der Waals surface area contributed by atoms with Crippen molar-refractivity contribution in [3.8, 4) is 0 Å². The van der Waals surface area contributed by atoms with Gasteiger partial charge in [0, 0.05) is 0 Å². The molecule has 1 saturated heterocycles. The van der Waals surface area contributed by atoms with Crippen molar-refractivity contribution in [1.82, 2.24) is 0 Å². The zero-order valence-corrected chi connectivity index (χ0v) is 13.0. The third kappa shape index (κ3) is 4.47. The van der Waals surface area contributed by atoms with Gasteiger partial charge in [0.25, 0.3) is 10.0 Å². The highest BCUT2D eigenvalue weighted by molar-refractivity contribution is 6.80. The molecule has 1 rings (SSSR count). The lowest BCUT2D eigenvalue weighted by atomic mass is 10.6. The zero-order chi connectivity index (χ0) is 11.5. The van der Waals surface area contributed by atoms with Gasteiger partial charge in [-0.05, 0) is 12.6 Å². The van der Waals surface area contributed by atoms with Crippen LogP contribution in [-0.4, -0.2) is 37.4 Å². The summed E-state index contributed by atoms with van der Waals surface area (Å²) < 4.78 is 57.2. The highest BCUT2D eigenvalue weighted by atomic mass is 28.5. The Morgan fingerprint density at radius 2 is 2.07 bits per heavy atom. The average Bonchev–Trinajstić information content (AvgIpc) is 1.99. The first-order valence-electron chi connectivity index (χ1n) is 4.52. The minimum atomic E-state index is -5.39. The molecule has 1 aliphatic rings. The average molecular weight is 294 g/mol. The summed E-state index contributed by atoms with van der Waals surface area (Å²) in [7, 11) is -13.6. The fraction of sp³-hybridized carbons (Fsp3) is 1.00. The predicted octanol–water partition coefficient (Wildman–Crippen LogP) is 0.608. The monoisotopic (exact) mass is 294 g/mol. The Labute approximate surface area is 92.6 Å². The molecule has 90 valence electrons. The van der Waals surface area contributed by atoms with Gasteiger partial charge in [0.15, 0.2) is 0 Å². The van der Waals surface area contributed by atoms with Crippen molar-refractivity contribution in [1.29, 1.82) is 0 Å². The zero-order valence-electron chi connectivity index (χ0n) is 8.47. The Balaban J connectivity index is 2.68. The van der Waals surface area contributed by atoms with Crippen LogP contribution in [0, 0.1) is 0 Å². The summed E-state index contributed by atoms with van der Waals surface area (Å²) in [6.07, 6.45) is 0.679. The van der Waals surface area contributed by atoms with Crippen LogP contribution in [-0.2, 0) is 16.5 Å². The van der Waals surface area contributed by atoms with E-state index < -0.39 is 37.4 Å². The topological polar surface area (TPSA) is 36.9 Å². The van der Waals surface area contributed by atoms with Gasteiger partial charge < -0.3 is 16.5 Å². The smallest absolute Gasteiger partial charge is 0.420 e. The third-order valence-electron chi connectivity index (χ3n) is 1.83. The van der Waals surface area contributed by atoms with E-state index >= 15 is 0 Å². The Morgan fingerprint density at radius 1 is 1.40 bits per heavy atom. The summed E-state index contributed by atoms with van der Waals surface area (Å²) >= 11 is 0. The molecular weight excluding hydrogens is 281 g/mol. The van der Waals surface area contributed by atoms with Gasteiger partial charge in [-0.2, -0.15) is 0 Å². The van der Waals surface area contributed by atoms with Gasteiger partial charge in [0.05, 0.1) is 0 Å². The van der Waals surface area contributed by atoms with E-state index in [1.54, 1.807) is 0 Å². The van der Waals surface area contributed by atoms with Crippen molar-refractivity contribution in [3.63, 3.8) is 0 Å². The van der Waals surface area contributed by atoms with Crippen molar-refractivity contribution < 1.29 is 28.8 Å². The van der Waals surface area contributed by atoms with Crippen LogP contribution in [0.2, 0.25) is 12.6 Å². The molecule has 0 N–H and O–H groups in total. The molecule has 0 aromatic rings. The lowest BCUT2D eigenvalue weighted by molar-refractivity contribution is 0.164. The molecule has 11 heteroatoms. The van der Waals surface area contributed by atoms with Crippen molar-refractivity contribution in [2.24, 2.45) is 0 Å². The van der Waals surface area contributed by atoms with Gasteiger partial charge >= 0.3 is 27.4 Å². The number of hydrogen-bond donors (Lipinski definition) is 0. The third-order valence-corrected chi connectivity index (χ3v) is 12.3. The molecule has 0 amide bonds. The predicted molar refractivity (Wildman–Crippen MR) is 55.8 cm³/mol. The number of rotatable bonds is 2. The van der Waals surface area contributed by atoms with Gasteiger partial charge in [-0.15, -0.1) is 0 Å². The second-order valence-corrected chi connectivity index (χ2v) is 12.0. The van der Waals surface area contributed by atoms with Crippen LogP contribution in [0.15, 0.2) is 0 Å². The summed E-state index contributed by atoms with van der Waals surface area (Å²) in [5.74, 6) is 0. The van der Waals surface area contributed by atoms with Gasteiger partial charge in [0.2, 0.25) is 0 Å². The summed E-state index contributed by atoms with van der Waals surface area (Å²) in [6, 6.07) is 0.438. The van der Waals surface area contributed by atoms with Crippen LogP contribution >= 0.6 is 0 Å². The molecule has 0 aliphatic carbocycles. The lowest BCUT2D eigenvalue weighted by Gasteiger charge is -2.32. The van der Waals surface area contributed by atoms with E-state index in [0.717, 1.165) is 0 Å². The first-order chi connectivity index (χ1) is 6.87. The molecule has 0 aromatic carbocycles. The first kappa shape index (κ1) is 13.6. The fourth-order valence-electron chi connectivity index (χ4n) is 1.24. The Morgan fingerprint density at radius 3 is 2.67 bits per heavy atom. The van der Waals surface area contributed by atoms with Crippen molar-refractivity contribution in [3.05, 3.63) is 0 Å². The van der Waals surface area contributed by atoms with Crippen molar-refractivity contribution in [2.75, 3.05) is 0 Å². The maximum absolute atomic E-state index is 13.1. The highest BCUT2D eigenvalue weighted by Crippen LogP contribution is 2.26. The molecular formula is C4H13F3O4Si4. The molecule has 0 bridgehead atoms. The van der Waals surface area contributed by atoms with Crippen LogP contribution < -0.4 is 0 Å². The molecule has 0 saturated carbocycles. The standard InChI is InChI=1S/C4H13F3O4Si4/c1-3-4-14(2)9-12-8-13(5)10-15(6,7)11-14/h13H,3-4,12H2,1-2H3. The van der Waals surface area contributed by atoms with E-state index in [4.69, 9.17) is 4.12 Å². The Hall–Kier alpha value is 0.498. The van der Waals surface area contributed by atoms with Gasteiger partial charge in [-0.3, -0.25) is 0 Å². The van der Waals surface area contributed by atoms with Crippen molar-refractivity contribution in [2.45, 2.75) is 25.9 Å². The van der Waals surface area contributed by atoms with E-state index in [9.17, 15) is 12.3 Å². The first-order valence-corrected chi connectivity index (χ1v) is 11.2. The summed E-state index contributed by atoms with van der Waals surface area (Å²) in [4.78, 5) is 0. The largest absolute Gasteiger partial charge is 0.744 e. The molecule has 15 heavy (non-hydrogen) atoms. The molecule has 1 aliphatic heterocycles. The molecule has 2 unspecified atom stereocenters. The van der Waals surface area contributed by atoms with Crippen LogP contribution in [0.3, 0.4) is 0 Å². The van der Waals surface area contributed by atoms with E-state index in [-0.39, 0.29) is 0 Å². The van der Waals surface area contributed by atoms with Crippen LogP contribution in [0.25, 0.3) is 0 Å². The normalized spacial score (nSPS) is 38.6. The minimum Gasteiger partial charge on any atom is -0.420 e. The van der Waals surface area contributed by atoms with E-state index in [0.29, 0.717) is 12.5 Å². The van der Waals surface area contributed by atoms with E-state index in [2.05, 4.69) is 12.3 Å². The molecule has 0 aromatic heterocycles.